The van der Waals surface area contributed by atoms with Gasteiger partial charge >= 0.3 is 0 Å². The van der Waals surface area contributed by atoms with Crippen molar-refractivity contribution in [2.75, 3.05) is 26.5 Å². The Hall–Kier alpha value is -1.20. The Morgan fingerprint density at radius 1 is 1.24 bits per heavy atom. The maximum atomic E-state index is 6.10. The third kappa shape index (κ3) is 5.14. The molecule has 4 unspecified atom stereocenters. The van der Waals surface area contributed by atoms with Gasteiger partial charge in [-0.2, -0.15) is 11.8 Å². The number of nitrogens with zero attached hydrogens (tertiary/aromatic N) is 1. The van der Waals surface area contributed by atoms with Crippen molar-refractivity contribution in [2.45, 2.75) is 49.5 Å². The molecule has 0 spiro atoms. The summed E-state index contributed by atoms with van der Waals surface area (Å²) in [6, 6.07) is 11.2. The van der Waals surface area contributed by atoms with Crippen LogP contribution in [-0.4, -0.2) is 43.7 Å². The average Bonchev–Trinajstić information content (AvgIpc) is 3.13. The number of guanidine groups is 1. The molecule has 2 fully saturated rings. The molecule has 4 nitrogen and oxygen atoms in total. The van der Waals surface area contributed by atoms with E-state index < -0.39 is 0 Å². The predicted molar refractivity (Wildman–Crippen MR) is 107 cm³/mol. The summed E-state index contributed by atoms with van der Waals surface area (Å²) in [4.78, 5) is 4.43. The molecule has 0 radical (unpaired) electrons. The van der Waals surface area contributed by atoms with Gasteiger partial charge in [-0.05, 0) is 43.9 Å². The first-order valence-corrected chi connectivity index (χ1v) is 10.8. The van der Waals surface area contributed by atoms with Crippen LogP contribution in [0.4, 0.5) is 0 Å². The van der Waals surface area contributed by atoms with Crippen molar-refractivity contribution in [1.82, 2.24) is 10.6 Å². The zero-order valence-electron chi connectivity index (χ0n) is 15.4. The molecule has 1 aliphatic carbocycles. The standard InChI is InChI=1S/C20H31N3OS/c1-21-20(23-17-10-11-18(13-17)25-2)22-14-16-9-6-12-24-19(16)15-7-4-3-5-8-15/h3-5,7-8,16-19H,6,9-14H2,1-2H3,(H2,21,22,23). The smallest absolute Gasteiger partial charge is 0.191 e. The summed E-state index contributed by atoms with van der Waals surface area (Å²) in [6.07, 6.45) is 8.52. The largest absolute Gasteiger partial charge is 0.373 e. The fourth-order valence-electron chi connectivity index (χ4n) is 3.96. The van der Waals surface area contributed by atoms with Gasteiger partial charge in [0.15, 0.2) is 5.96 Å². The van der Waals surface area contributed by atoms with Gasteiger partial charge in [0.25, 0.3) is 0 Å². The summed E-state index contributed by atoms with van der Waals surface area (Å²) < 4.78 is 6.10. The molecule has 5 heteroatoms. The highest BCUT2D eigenvalue weighted by atomic mass is 32.2. The highest BCUT2D eigenvalue weighted by molar-refractivity contribution is 7.99. The van der Waals surface area contributed by atoms with Crippen LogP contribution in [0.15, 0.2) is 35.3 Å². The van der Waals surface area contributed by atoms with Crippen LogP contribution in [-0.2, 0) is 4.74 Å². The van der Waals surface area contributed by atoms with Gasteiger partial charge in [0.2, 0.25) is 0 Å². The van der Waals surface area contributed by atoms with Gasteiger partial charge in [0, 0.05) is 37.4 Å². The lowest BCUT2D eigenvalue weighted by atomic mass is 9.89. The minimum Gasteiger partial charge on any atom is -0.373 e. The van der Waals surface area contributed by atoms with Gasteiger partial charge in [0.1, 0.15) is 0 Å². The lowest BCUT2D eigenvalue weighted by Crippen LogP contribution is -2.45. The van der Waals surface area contributed by atoms with Crippen LogP contribution < -0.4 is 10.6 Å². The minimum atomic E-state index is 0.188. The van der Waals surface area contributed by atoms with Crippen molar-refractivity contribution < 1.29 is 4.74 Å². The van der Waals surface area contributed by atoms with Crippen LogP contribution in [0.25, 0.3) is 0 Å². The first-order chi connectivity index (χ1) is 12.3. The Morgan fingerprint density at radius 2 is 2.08 bits per heavy atom. The molecule has 0 amide bonds. The summed E-state index contributed by atoms with van der Waals surface area (Å²) in [7, 11) is 1.86. The molecule has 1 heterocycles. The van der Waals surface area contributed by atoms with Crippen LogP contribution in [0.1, 0.15) is 43.8 Å². The summed E-state index contributed by atoms with van der Waals surface area (Å²) in [5.74, 6) is 1.42. The quantitative estimate of drug-likeness (QED) is 0.621. The number of hydrogen-bond acceptors (Lipinski definition) is 3. The zero-order valence-corrected chi connectivity index (χ0v) is 16.2. The van der Waals surface area contributed by atoms with Crippen molar-refractivity contribution in [2.24, 2.45) is 10.9 Å². The molecule has 0 aromatic heterocycles. The van der Waals surface area contributed by atoms with Crippen LogP contribution >= 0.6 is 11.8 Å². The first kappa shape index (κ1) is 18.6. The van der Waals surface area contributed by atoms with E-state index in [0.717, 1.165) is 30.8 Å². The lowest BCUT2D eigenvalue weighted by Gasteiger charge is -2.33. The van der Waals surface area contributed by atoms with Crippen LogP contribution in [0, 0.1) is 5.92 Å². The van der Waals surface area contributed by atoms with Crippen LogP contribution in [0.3, 0.4) is 0 Å². The van der Waals surface area contributed by atoms with E-state index in [1.807, 2.05) is 18.8 Å². The van der Waals surface area contributed by atoms with E-state index in [4.69, 9.17) is 4.74 Å². The lowest BCUT2D eigenvalue weighted by molar-refractivity contribution is -0.0265. The third-order valence-corrected chi connectivity index (χ3v) is 6.48. The van der Waals surface area contributed by atoms with Crippen molar-refractivity contribution in [3.05, 3.63) is 35.9 Å². The van der Waals surface area contributed by atoms with E-state index in [2.05, 4.69) is 52.2 Å². The third-order valence-electron chi connectivity index (χ3n) is 5.39. The summed E-state index contributed by atoms with van der Waals surface area (Å²) in [5, 5.41) is 7.96. The number of benzene rings is 1. The second-order valence-corrected chi connectivity index (χ2v) is 8.21. The maximum Gasteiger partial charge on any atom is 0.191 e. The van der Waals surface area contributed by atoms with Crippen LogP contribution in [0.2, 0.25) is 0 Å². The number of aliphatic imine (C=N–C) groups is 1. The monoisotopic (exact) mass is 361 g/mol. The van der Waals surface area contributed by atoms with Crippen molar-refractivity contribution in [1.29, 1.82) is 0 Å². The van der Waals surface area contributed by atoms with E-state index in [1.165, 1.54) is 31.2 Å². The van der Waals surface area contributed by atoms with Crippen molar-refractivity contribution in [3.8, 4) is 0 Å². The van der Waals surface area contributed by atoms with E-state index in [0.29, 0.717) is 12.0 Å². The summed E-state index contributed by atoms with van der Waals surface area (Å²) >= 11 is 1.99. The molecule has 1 saturated carbocycles. The minimum absolute atomic E-state index is 0.188. The molecule has 25 heavy (non-hydrogen) atoms. The van der Waals surface area contributed by atoms with E-state index in [1.54, 1.807) is 0 Å². The Kier molecular flexibility index (Phi) is 7.05. The average molecular weight is 362 g/mol. The van der Waals surface area contributed by atoms with Gasteiger partial charge < -0.3 is 15.4 Å². The maximum absolute atomic E-state index is 6.10. The zero-order chi connectivity index (χ0) is 17.5. The second-order valence-electron chi connectivity index (χ2n) is 7.07. The molecule has 4 atom stereocenters. The Bertz CT molecular complexity index is 551. The fraction of sp³-hybridized carbons (Fsp3) is 0.650. The molecule has 1 aliphatic heterocycles. The molecule has 1 saturated heterocycles. The molecule has 138 valence electrons. The molecular formula is C20H31N3OS. The number of hydrogen-bond donors (Lipinski definition) is 2. The Labute approximate surface area is 156 Å². The van der Waals surface area contributed by atoms with Gasteiger partial charge in [-0.15, -0.1) is 0 Å². The van der Waals surface area contributed by atoms with Gasteiger partial charge in [-0.25, -0.2) is 0 Å². The number of nitrogens with one attached hydrogen (secondary N) is 2. The molecule has 3 rings (SSSR count). The molecule has 1 aromatic carbocycles. The van der Waals surface area contributed by atoms with E-state index >= 15 is 0 Å². The van der Waals surface area contributed by atoms with E-state index in [9.17, 15) is 0 Å². The van der Waals surface area contributed by atoms with Gasteiger partial charge in [-0.3, -0.25) is 4.99 Å². The number of thioether (sulfide) groups is 1. The number of ether oxygens (including phenoxy) is 1. The van der Waals surface area contributed by atoms with Gasteiger partial charge in [-0.1, -0.05) is 30.3 Å². The first-order valence-electron chi connectivity index (χ1n) is 9.46. The summed E-state index contributed by atoms with van der Waals surface area (Å²) in [6.45, 7) is 1.76. The molecular weight excluding hydrogens is 330 g/mol. The fourth-order valence-corrected chi connectivity index (χ4v) is 4.76. The Balaban J connectivity index is 1.53. The molecule has 1 aromatic rings. The molecule has 2 N–H and O–H groups in total. The van der Waals surface area contributed by atoms with Crippen molar-refractivity contribution >= 4 is 17.7 Å². The predicted octanol–water partition coefficient (Wildman–Crippen LogP) is 3.60. The van der Waals surface area contributed by atoms with Crippen LogP contribution in [0.5, 0.6) is 0 Å². The topological polar surface area (TPSA) is 45.7 Å². The SMILES string of the molecule is CN=C(NCC1CCCOC1c1ccccc1)NC1CCC(SC)C1. The highest BCUT2D eigenvalue weighted by Gasteiger charge is 2.28. The normalized spacial score (nSPS) is 30.2. The molecule has 0 bridgehead atoms. The Morgan fingerprint density at radius 3 is 2.80 bits per heavy atom. The van der Waals surface area contributed by atoms with Gasteiger partial charge in [0.05, 0.1) is 6.10 Å². The molecule has 2 aliphatic rings. The number of rotatable bonds is 5. The summed E-state index contributed by atoms with van der Waals surface area (Å²) in [5.41, 5.74) is 1.29. The highest BCUT2D eigenvalue weighted by Crippen LogP contribution is 2.33. The van der Waals surface area contributed by atoms with E-state index in [-0.39, 0.29) is 6.10 Å². The van der Waals surface area contributed by atoms with Crippen molar-refractivity contribution in [3.63, 3.8) is 0 Å². The second kappa shape index (κ2) is 9.48.